The molecule has 86 valence electrons. The van der Waals surface area contributed by atoms with Gasteiger partial charge in [0.25, 0.3) is 0 Å². The van der Waals surface area contributed by atoms with Gasteiger partial charge in [0.1, 0.15) is 0 Å². The zero-order valence-electron chi connectivity index (χ0n) is 10.1. The van der Waals surface area contributed by atoms with E-state index in [1.54, 1.807) is 7.05 Å². The summed E-state index contributed by atoms with van der Waals surface area (Å²) < 4.78 is 0. The normalized spacial score (nSPS) is 19.1. The molecule has 0 saturated heterocycles. The standard InChI is InChI=1S/C11H25NO2/c1-6-11(14,10(2,3)4)7-9(13)8-12-5/h9,12-14H,6-8H2,1-5H3/t9-,11+/m1/s1. The van der Waals surface area contributed by atoms with Gasteiger partial charge in [0.05, 0.1) is 11.7 Å². The van der Waals surface area contributed by atoms with Crippen molar-refractivity contribution in [1.29, 1.82) is 0 Å². The van der Waals surface area contributed by atoms with Gasteiger partial charge < -0.3 is 15.5 Å². The smallest absolute Gasteiger partial charge is 0.0718 e. The molecule has 0 aromatic rings. The number of aliphatic hydroxyl groups is 2. The van der Waals surface area contributed by atoms with Gasteiger partial charge in [-0.1, -0.05) is 27.7 Å². The molecule has 0 amide bonds. The molecule has 14 heavy (non-hydrogen) atoms. The van der Waals surface area contributed by atoms with Crippen LogP contribution in [0.3, 0.4) is 0 Å². The van der Waals surface area contributed by atoms with Crippen molar-refractivity contribution in [3.63, 3.8) is 0 Å². The highest BCUT2D eigenvalue weighted by Gasteiger charge is 2.39. The predicted octanol–water partition coefficient (Wildman–Crippen LogP) is 1.14. The van der Waals surface area contributed by atoms with Gasteiger partial charge in [-0.3, -0.25) is 0 Å². The molecule has 0 saturated carbocycles. The average molecular weight is 203 g/mol. The summed E-state index contributed by atoms with van der Waals surface area (Å²) in [6.45, 7) is 8.49. The first kappa shape index (κ1) is 13.9. The maximum atomic E-state index is 10.4. The van der Waals surface area contributed by atoms with Crippen LogP contribution in [0.5, 0.6) is 0 Å². The Hall–Kier alpha value is -0.120. The van der Waals surface area contributed by atoms with Gasteiger partial charge in [0.2, 0.25) is 0 Å². The molecular weight excluding hydrogens is 178 g/mol. The highest BCUT2D eigenvalue weighted by molar-refractivity contribution is 4.91. The van der Waals surface area contributed by atoms with E-state index >= 15 is 0 Å². The Morgan fingerprint density at radius 2 is 1.79 bits per heavy atom. The van der Waals surface area contributed by atoms with Gasteiger partial charge in [-0.25, -0.2) is 0 Å². The molecule has 3 heteroatoms. The minimum absolute atomic E-state index is 0.198. The molecule has 0 aromatic heterocycles. The average Bonchev–Trinajstić information content (AvgIpc) is 2.02. The maximum Gasteiger partial charge on any atom is 0.0718 e. The molecule has 0 heterocycles. The van der Waals surface area contributed by atoms with Crippen LogP contribution < -0.4 is 5.32 Å². The molecule has 0 aliphatic rings. The van der Waals surface area contributed by atoms with Crippen LogP contribution >= 0.6 is 0 Å². The molecule has 3 N–H and O–H groups in total. The fraction of sp³-hybridized carbons (Fsp3) is 1.00. The molecular formula is C11H25NO2. The summed E-state index contributed by atoms with van der Waals surface area (Å²) in [5.74, 6) is 0. The first-order valence-electron chi connectivity index (χ1n) is 5.32. The topological polar surface area (TPSA) is 52.5 Å². The predicted molar refractivity (Wildman–Crippen MR) is 59.2 cm³/mol. The van der Waals surface area contributed by atoms with E-state index in [4.69, 9.17) is 0 Å². The van der Waals surface area contributed by atoms with Crippen molar-refractivity contribution in [2.24, 2.45) is 5.41 Å². The maximum absolute atomic E-state index is 10.4. The molecule has 0 fully saturated rings. The molecule has 0 radical (unpaired) electrons. The summed E-state index contributed by atoms with van der Waals surface area (Å²) in [7, 11) is 1.80. The summed E-state index contributed by atoms with van der Waals surface area (Å²) in [4.78, 5) is 0. The molecule has 3 nitrogen and oxygen atoms in total. The van der Waals surface area contributed by atoms with Crippen LogP contribution in [0.2, 0.25) is 0 Å². The Bertz CT molecular complexity index is 165. The summed E-state index contributed by atoms with van der Waals surface area (Å²) in [5.41, 5.74) is -0.986. The molecule has 0 aromatic carbocycles. The van der Waals surface area contributed by atoms with Crippen molar-refractivity contribution in [2.75, 3.05) is 13.6 Å². The van der Waals surface area contributed by atoms with E-state index in [2.05, 4.69) is 5.32 Å². The largest absolute Gasteiger partial charge is 0.392 e. The Labute approximate surface area is 87.5 Å². The van der Waals surface area contributed by atoms with Gasteiger partial charge >= 0.3 is 0 Å². The van der Waals surface area contributed by atoms with E-state index in [-0.39, 0.29) is 5.41 Å². The van der Waals surface area contributed by atoms with Crippen LogP contribution in [0.25, 0.3) is 0 Å². The second-order valence-electron chi connectivity index (χ2n) is 5.05. The van der Waals surface area contributed by atoms with E-state index in [9.17, 15) is 10.2 Å². The van der Waals surface area contributed by atoms with Gasteiger partial charge in [0.15, 0.2) is 0 Å². The molecule has 0 spiro atoms. The van der Waals surface area contributed by atoms with E-state index in [0.717, 1.165) is 0 Å². The quantitative estimate of drug-likeness (QED) is 0.628. The zero-order chi connectivity index (χ0) is 11.4. The highest BCUT2D eigenvalue weighted by Crippen LogP contribution is 2.36. The van der Waals surface area contributed by atoms with Gasteiger partial charge in [-0.15, -0.1) is 0 Å². The Morgan fingerprint density at radius 1 is 1.29 bits per heavy atom. The molecule has 0 bridgehead atoms. The van der Waals surface area contributed by atoms with Gasteiger partial charge in [0, 0.05) is 13.0 Å². The minimum Gasteiger partial charge on any atom is -0.392 e. The lowest BCUT2D eigenvalue weighted by atomic mass is 9.72. The summed E-state index contributed by atoms with van der Waals surface area (Å²) >= 11 is 0. The lowest BCUT2D eigenvalue weighted by Gasteiger charge is -2.41. The fourth-order valence-electron chi connectivity index (χ4n) is 1.68. The second-order valence-corrected chi connectivity index (χ2v) is 5.05. The first-order valence-corrected chi connectivity index (χ1v) is 5.32. The Morgan fingerprint density at radius 3 is 2.07 bits per heavy atom. The van der Waals surface area contributed by atoms with Crippen LogP contribution in [0.4, 0.5) is 0 Å². The first-order chi connectivity index (χ1) is 6.27. The third-order valence-electron chi connectivity index (χ3n) is 2.99. The number of hydrogen-bond acceptors (Lipinski definition) is 3. The number of hydrogen-bond donors (Lipinski definition) is 3. The third-order valence-corrected chi connectivity index (χ3v) is 2.99. The van der Waals surface area contributed by atoms with E-state index in [1.165, 1.54) is 0 Å². The van der Waals surface area contributed by atoms with Crippen molar-refractivity contribution in [2.45, 2.75) is 52.2 Å². The second kappa shape index (κ2) is 5.10. The van der Waals surface area contributed by atoms with Crippen LogP contribution in [-0.2, 0) is 0 Å². The van der Waals surface area contributed by atoms with Crippen molar-refractivity contribution in [3.05, 3.63) is 0 Å². The van der Waals surface area contributed by atoms with Gasteiger partial charge in [-0.05, 0) is 18.9 Å². The molecule has 0 aliphatic heterocycles. The van der Waals surface area contributed by atoms with Crippen molar-refractivity contribution >= 4 is 0 Å². The molecule has 0 aliphatic carbocycles. The van der Waals surface area contributed by atoms with Crippen molar-refractivity contribution in [3.8, 4) is 0 Å². The Balaban J connectivity index is 4.40. The summed E-state index contributed by atoms with van der Waals surface area (Å²) in [5, 5.41) is 22.9. The lowest BCUT2D eigenvalue weighted by molar-refractivity contribution is -0.0906. The van der Waals surface area contributed by atoms with Crippen LogP contribution in [0.1, 0.15) is 40.5 Å². The van der Waals surface area contributed by atoms with Crippen LogP contribution in [0, 0.1) is 5.41 Å². The zero-order valence-corrected chi connectivity index (χ0v) is 10.1. The van der Waals surface area contributed by atoms with E-state index < -0.39 is 11.7 Å². The number of rotatable bonds is 5. The molecule has 0 unspecified atom stereocenters. The van der Waals surface area contributed by atoms with E-state index in [1.807, 2.05) is 27.7 Å². The molecule has 2 atom stereocenters. The monoisotopic (exact) mass is 203 g/mol. The van der Waals surface area contributed by atoms with Crippen LogP contribution in [-0.4, -0.2) is 35.5 Å². The molecule has 0 rings (SSSR count). The Kier molecular flexibility index (Phi) is 5.06. The van der Waals surface area contributed by atoms with Gasteiger partial charge in [-0.2, -0.15) is 0 Å². The van der Waals surface area contributed by atoms with Crippen LogP contribution in [0.15, 0.2) is 0 Å². The lowest BCUT2D eigenvalue weighted by Crippen LogP contribution is -2.46. The van der Waals surface area contributed by atoms with Crippen molar-refractivity contribution < 1.29 is 10.2 Å². The third kappa shape index (κ3) is 3.56. The fourth-order valence-corrected chi connectivity index (χ4v) is 1.68. The van der Waals surface area contributed by atoms with Crippen molar-refractivity contribution in [1.82, 2.24) is 5.32 Å². The summed E-state index contributed by atoms with van der Waals surface area (Å²) in [6.07, 6.45) is 0.606. The summed E-state index contributed by atoms with van der Waals surface area (Å²) in [6, 6.07) is 0. The minimum atomic E-state index is -0.788. The number of nitrogens with one attached hydrogen (secondary N) is 1. The number of likely N-dealkylation sites (N-methyl/N-ethyl adjacent to an activating group) is 1. The van der Waals surface area contributed by atoms with E-state index in [0.29, 0.717) is 19.4 Å². The SMILES string of the molecule is CC[C@](O)(C[C@@H](O)CNC)C(C)(C)C. The number of aliphatic hydroxyl groups excluding tert-OH is 1. The highest BCUT2D eigenvalue weighted by atomic mass is 16.3.